The van der Waals surface area contributed by atoms with Gasteiger partial charge in [-0.05, 0) is 31.0 Å². The predicted octanol–water partition coefficient (Wildman–Crippen LogP) is 2.45. The predicted molar refractivity (Wildman–Crippen MR) is 82.2 cm³/mol. The first-order chi connectivity index (χ1) is 10.6. The lowest BCUT2D eigenvalue weighted by molar-refractivity contribution is -0.142. The monoisotopic (exact) mass is 320 g/mol. The molecule has 0 spiro atoms. The molecular weight excluding hydrogens is 304 g/mol. The molecule has 22 heavy (non-hydrogen) atoms. The van der Waals surface area contributed by atoms with Gasteiger partial charge in [-0.25, -0.2) is 0 Å². The molecule has 1 aromatic carbocycles. The Morgan fingerprint density at radius 3 is 2.41 bits per heavy atom. The van der Waals surface area contributed by atoms with Gasteiger partial charge < -0.3 is 5.32 Å². The summed E-state index contributed by atoms with van der Waals surface area (Å²) in [5, 5.41) is 3.17. The molecule has 0 bridgehead atoms. The topological polar surface area (TPSA) is 66.5 Å². The average Bonchev–Trinajstić information content (AvgIpc) is 2.73. The molecule has 1 heterocycles. The number of likely N-dealkylation sites (tertiary alicyclic amines) is 1. The first-order valence-corrected chi connectivity index (χ1v) is 7.84. The smallest absolute Gasteiger partial charge is 0.244 e. The van der Waals surface area contributed by atoms with Gasteiger partial charge in [0.2, 0.25) is 17.7 Å². The minimum absolute atomic E-state index is 0.198. The van der Waals surface area contributed by atoms with Crippen LogP contribution in [0.5, 0.6) is 0 Å². The number of hydrogen-bond acceptors (Lipinski definition) is 3. The van der Waals surface area contributed by atoms with Gasteiger partial charge in [0.1, 0.15) is 6.54 Å². The lowest BCUT2D eigenvalue weighted by atomic mass is 9.81. The zero-order valence-corrected chi connectivity index (χ0v) is 12.8. The molecule has 1 saturated carbocycles. The Morgan fingerprint density at radius 1 is 1.18 bits per heavy atom. The number of rotatable bonds is 3. The molecule has 2 aliphatic rings. The summed E-state index contributed by atoms with van der Waals surface area (Å²) in [5.74, 6) is -1.23. The van der Waals surface area contributed by atoms with E-state index in [-0.39, 0.29) is 36.1 Å². The molecule has 6 heteroatoms. The molecule has 1 aliphatic carbocycles. The van der Waals surface area contributed by atoms with Gasteiger partial charge in [-0.15, -0.1) is 0 Å². The van der Waals surface area contributed by atoms with E-state index in [2.05, 4.69) is 5.32 Å². The SMILES string of the molecule is O=C(CN1C(=O)[C@H]2CCCC[C@@H]2C1=O)Nc1cccc(Cl)c1. The molecule has 0 radical (unpaired) electrons. The second-order valence-electron chi connectivity index (χ2n) is 5.82. The van der Waals surface area contributed by atoms with Crippen LogP contribution < -0.4 is 5.32 Å². The lowest BCUT2D eigenvalue weighted by Crippen LogP contribution is -2.38. The number of halogens is 1. The Morgan fingerprint density at radius 2 is 1.82 bits per heavy atom. The molecule has 2 atom stereocenters. The number of fused-ring (bicyclic) bond motifs is 1. The third kappa shape index (κ3) is 2.86. The molecule has 3 rings (SSSR count). The van der Waals surface area contributed by atoms with E-state index >= 15 is 0 Å². The van der Waals surface area contributed by atoms with E-state index in [4.69, 9.17) is 11.6 Å². The normalized spacial score (nSPS) is 24.3. The second kappa shape index (κ2) is 6.08. The Balaban J connectivity index is 1.66. The first kappa shape index (κ1) is 15.0. The van der Waals surface area contributed by atoms with E-state index < -0.39 is 0 Å². The van der Waals surface area contributed by atoms with E-state index in [0.717, 1.165) is 30.6 Å². The number of amides is 3. The third-order valence-electron chi connectivity index (χ3n) is 4.34. The third-order valence-corrected chi connectivity index (χ3v) is 4.58. The van der Waals surface area contributed by atoms with Crippen LogP contribution in [0, 0.1) is 11.8 Å². The maximum Gasteiger partial charge on any atom is 0.244 e. The highest BCUT2D eigenvalue weighted by molar-refractivity contribution is 6.30. The fourth-order valence-electron chi connectivity index (χ4n) is 3.30. The number of anilines is 1. The summed E-state index contributed by atoms with van der Waals surface area (Å²) < 4.78 is 0. The van der Waals surface area contributed by atoms with Crippen molar-refractivity contribution in [3.05, 3.63) is 29.3 Å². The molecule has 0 unspecified atom stereocenters. The minimum Gasteiger partial charge on any atom is -0.324 e. The van der Waals surface area contributed by atoms with Crippen LogP contribution in [-0.4, -0.2) is 29.2 Å². The fourth-order valence-corrected chi connectivity index (χ4v) is 3.49. The Labute approximate surface area is 133 Å². The van der Waals surface area contributed by atoms with Crippen molar-refractivity contribution in [1.82, 2.24) is 4.90 Å². The van der Waals surface area contributed by atoms with Gasteiger partial charge in [-0.1, -0.05) is 30.5 Å². The summed E-state index contributed by atoms with van der Waals surface area (Å²) in [5.41, 5.74) is 0.550. The van der Waals surface area contributed by atoms with Crippen molar-refractivity contribution in [3.63, 3.8) is 0 Å². The number of nitrogens with one attached hydrogen (secondary N) is 1. The highest BCUT2D eigenvalue weighted by Gasteiger charge is 2.48. The number of benzene rings is 1. The van der Waals surface area contributed by atoms with Crippen LogP contribution in [0.2, 0.25) is 5.02 Å². The fraction of sp³-hybridized carbons (Fsp3) is 0.438. The molecule has 1 aliphatic heterocycles. The van der Waals surface area contributed by atoms with Gasteiger partial charge in [0, 0.05) is 10.7 Å². The van der Waals surface area contributed by atoms with E-state index in [9.17, 15) is 14.4 Å². The highest BCUT2D eigenvalue weighted by Crippen LogP contribution is 2.37. The average molecular weight is 321 g/mol. The summed E-state index contributed by atoms with van der Waals surface area (Å²) in [7, 11) is 0. The maximum absolute atomic E-state index is 12.3. The summed E-state index contributed by atoms with van der Waals surface area (Å²) in [6, 6.07) is 6.75. The van der Waals surface area contributed by atoms with Gasteiger partial charge in [0.05, 0.1) is 11.8 Å². The van der Waals surface area contributed by atoms with Crippen LogP contribution in [0.1, 0.15) is 25.7 Å². The second-order valence-corrected chi connectivity index (χ2v) is 6.26. The van der Waals surface area contributed by atoms with Crippen molar-refractivity contribution >= 4 is 35.0 Å². The molecule has 3 amide bonds. The van der Waals surface area contributed by atoms with E-state index in [1.165, 1.54) is 0 Å². The van der Waals surface area contributed by atoms with Crippen molar-refractivity contribution in [2.75, 3.05) is 11.9 Å². The van der Waals surface area contributed by atoms with Crippen molar-refractivity contribution < 1.29 is 14.4 Å². The van der Waals surface area contributed by atoms with Gasteiger partial charge in [-0.2, -0.15) is 0 Å². The van der Waals surface area contributed by atoms with Crippen molar-refractivity contribution in [2.45, 2.75) is 25.7 Å². The van der Waals surface area contributed by atoms with Crippen molar-refractivity contribution in [3.8, 4) is 0 Å². The Bertz CT molecular complexity index is 608. The first-order valence-electron chi connectivity index (χ1n) is 7.47. The molecule has 1 saturated heterocycles. The van der Waals surface area contributed by atoms with Crippen molar-refractivity contribution in [1.29, 1.82) is 0 Å². The number of hydrogen-bond donors (Lipinski definition) is 1. The zero-order valence-electron chi connectivity index (χ0n) is 12.0. The van der Waals surface area contributed by atoms with Crippen molar-refractivity contribution in [2.24, 2.45) is 11.8 Å². The van der Waals surface area contributed by atoms with Gasteiger partial charge >= 0.3 is 0 Å². The standard InChI is InChI=1S/C16H17ClN2O3/c17-10-4-3-5-11(8-10)18-14(20)9-19-15(21)12-6-1-2-7-13(12)16(19)22/h3-5,8,12-13H,1-2,6-7,9H2,(H,18,20)/t12-,13-/m0/s1. The molecule has 116 valence electrons. The lowest BCUT2D eigenvalue weighted by Gasteiger charge is -2.19. The van der Waals surface area contributed by atoms with Crippen LogP contribution >= 0.6 is 11.6 Å². The summed E-state index contributed by atoms with van der Waals surface area (Å²) in [4.78, 5) is 37.8. The van der Waals surface area contributed by atoms with Crippen LogP contribution in [-0.2, 0) is 14.4 Å². The maximum atomic E-state index is 12.3. The quantitative estimate of drug-likeness (QED) is 0.870. The highest BCUT2D eigenvalue weighted by atomic mass is 35.5. The van der Waals surface area contributed by atoms with Crippen LogP contribution in [0.3, 0.4) is 0 Å². The van der Waals surface area contributed by atoms with Crippen LogP contribution in [0.4, 0.5) is 5.69 Å². The Kier molecular flexibility index (Phi) is 4.16. The number of carbonyl (C=O) groups excluding carboxylic acids is 3. The number of carbonyl (C=O) groups is 3. The summed E-state index contributed by atoms with van der Waals surface area (Å²) in [6.07, 6.45) is 3.45. The zero-order chi connectivity index (χ0) is 15.7. The molecule has 2 fully saturated rings. The van der Waals surface area contributed by atoms with Crippen LogP contribution in [0.15, 0.2) is 24.3 Å². The Hall–Kier alpha value is -1.88. The van der Waals surface area contributed by atoms with E-state index in [1.807, 2.05) is 0 Å². The molecule has 0 aromatic heterocycles. The molecule has 5 nitrogen and oxygen atoms in total. The number of imide groups is 1. The van der Waals surface area contributed by atoms with Gasteiger partial charge in [-0.3, -0.25) is 19.3 Å². The van der Waals surface area contributed by atoms with Gasteiger partial charge in [0.25, 0.3) is 0 Å². The summed E-state index contributed by atoms with van der Waals surface area (Å²) in [6.45, 7) is -0.225. The van der Waals surface area contributed by atoms with Gasteiger partial charge in [0.15, 0.2) is 0 Å². The summed E-state index contributed by atoms with van der Waals surface area (Å²) >= 11 is 5.86. The van der Waals surface area contributed by atoms with E-state index in [0.29, 0.717) is 10.7 Å². The van der Waals surface area contributed by atoms with Crippen LogP contribution in [0.25, 0.3) is 0 Å². The molecule has 1 N–H and O–H groups in total. The molecular formula is C16H17ClN2O3. The minimum atomic E-state index is -0.386. The largest absolute Gasteiger partial charge is 0.324 e. The number of nitrogens with zero attached hydrogens (tertiary/aromatic N) is 1. The van der Waals surface area contributed by atoms with E-state index in [1.54, 1.807) is 24.3 Å². The molecule has 1 aromatic rings.